The lowest BCUT2D eigenvalue weighted by molar-refractivity contribution is 0.0955. The van der Waals surface area contributed by atoms with Crippen LogP contribution in [-0.4, -0.2) is 23.3 Å². The Bertz CT molecular complexity index is 439. The van der Waals surface area contributed by atoms with Gasteiger partial charge < -0.3 is 15.7 Å². The molecule has 1 aliphatic carbocycles. The van der Waals surface area contributed by atoms with Gasteiger partial charge in [-0.15, -0.1) is 0 Å². The van der Waals surface area contributed by atoms with Gasteiger partial charge in [-0.25, -0.2) is 4.79 Å². The standard InChI is InChI=1S/C15H22N2O2/c1-10-6-5-7-11(2)14(10)17-15(19)16-12-8-3-4-9-13(12)18/h5-7,12-13,18H,3-4,8-9H2,1-2H3,(H2,16,17,19). The lowest BCUT2D eigenvalue weighted by Crippen LogP contribution is -2.46. The zero-order valence-corrected chi connectivity index (χ0v) is 11.6. The zero-order valence-electron chi connectivity index (χ0n) is 11.6. The molecule has 2 rings (SSSR count). The van der Waals surface area contributed by atoms with Crippen LogP contribution in [0.25, 0.3) is 0 Å². The zero-order chi connectivity index (χ0) is 13.8. The van der Waals surface area contributed by atoms with E-state index in [0.29, 0.717) is 0 Å². The Hall–Kier alpha value is -1.55. The first kappa shape index (κ1) is 13.9. The summed E-state index contributed by atoms with van der Waals surface area (Å²) < 4.78 is 0. The second-order valence-electron chi connectivity index (χ2n) is 5.32. The molecule has 0 bridgehead atoms. The summed E-state index contributed by atoms with van der Waals surface area (Å²) in [5.74, 6) is 0. The summed E-state index contributed by atoms with van der Waals surface area (Å²) in [6, 6.07) is 5.55. The highest BCUT2D eigenvalue weighted by atomic mass is 16.3. The van der Waals surface area contributed by atoms with Crippen LogP contribution in [0.3, 0.4) is 0 Å². The molecule has 3 N–H and O–H groups in total. The molecule has 0 aromatic heterocycles. The molecule has 1 saturated carbocycles. The smallest absolute Gasteiger partial charge is 0.319 e. The number of carbonyl (C=O) groups is 1. The summed E-state index contributed by atoms with van der Waals surface area (Å²) in [6.07, 6.45) is 3.30. The molecular formula is C15H22N2O2. The average Bonchev–Trinajstić information content (AvgIpc) is 2.37. The predicted molar refractivity (Wildman–Crippen MR) is 76.3 cm³/mol. The van der Waals surface area contributed by atoms with Crippen molar-refractivity contribution in [2.45, 2.75) is 51.7 Å². The normalized spacial score (nSPS) is 22.9. The number of hydrogen-bond donors (Lipinski definition) is 3. The molecule has 0 spiro atoms. The van der Waals surface area contributed by atoms with Crippen LogP contribution in [0.15, 0.2) is 18.2 Å². The monoisotopic (exact) mass is 262 g/mol. The number of benzene rings is 1. The van der Waals surface area contributed by atoms with E-state index in [9.17, 15) is 9.90 Å². The van der Waals surface area contributed by atoms with Crippen LogP contribution >= 0.6 is 0 Å². The minimum absolute atomic E-state index is 0.127. The Balaban J connectivity index is 1.97. The van der Waals surface area contributed by atoms with E-state index in [2.05, 4.69) is 10.6 Å². The van der Waals surface area contributed by atoms with E-state index >= 15 is 0 Å². The maximum absolute atomic E-state index is 12.0. The van der Waals surface area contributed by atoms with Crippen LogP contribution in [-0.2, 0) is 0 Å². The molecule has 1 aliphatic rings. The van der Waals surface area contributed by atoms with E-state index in [1.807, 2.05) is 32.0 Å². The Morgan fingerprint density at radius 2 is 1.84 bits per heavy atom. The molecule has 19 heavy (non-hydrogen) atoms. The molecule has 0 aliphatic heterocycles. The summed E-state index contributed by atoms with van der Waals surface area (Å²) in [5.41, 5.74) is 2.93. The van der Waals surface area contributed by atoms with Gasteiger partial charge in [0.2, 0.25) is 0 Å². The van der Waals surface area contributed by atoms with Crippen LogP contribution in [0.1, 0.15) is 36.8 Å². The Morgan fingerprint density at radius 1 is 1.21 bits per heavy atom. The lowest BCUT2D eigenvalue weighted by Gasteiger charge is -2.28. The van der Waals surface area contributed by atoms with Crippen LogP contribution in [0.4, 0.5) is 10.5 Å². The molecule has 0 saturated heterocycles. The highest BCUT2D eigenvalue weighted by Gasteiger charge is 2.24. The van der Waals surface area contributed by atoms with Gasteiger partial charge in [0, 0.05) is 5.69 Å². The molecule has 2 unspecified atom stereocenters. The number of rotatable bonds is 2. The van der Waals surface area contributed by atoms with E-state index in [0.717, 1.165) is 42.5 Å². The number of para-hydroxylation sites is 1. The van der Waals surface area contributed by atoms with Crippen molar-refractivity contribution in [3.05, 3.63) is 29.3 Å². The Morgan fingerprint density at radius 3 is 2.47 bits per heavy atom. The quantitative estimate of drug-likeness (QED) is 0.767. The van der Waals surface area contributed by atoms with E-state index in [1.54, 1.807) is 0 Å². The highest BCUT2D eigenvalue weighted by Crippen LogP contribution is 2.21. The molecule has 1 aromatic carbocycles. The summed E-state index contributed by atoms with van der Waals surface area (Å²) >= 11 is 0. The number of nitrogens with one attached hydrogen (secondary N) is 2. The molecule has 4 heteroatoms. The molecular weight excluding hydrogens is 240 g/mol. The fraction of sp³-hybridized carbons (Fsp3) is 0.533. The highest BCUT2D eigenvalue weighted by molar-refractivity contribution is 5.91. The molecule has 2 amide bonds. The van der Waals surface area contributed by atoms with E-state index in [-0.39, 0.29) is 12.1 Å². The molecule has 2 atom stereocenters. The summed E-state index contributed by atoms with van der Waals surface area (Å²) in [6.45, 7) is 3.94. The van der Waals surface area contributed by atoms with Crippen LogP contribution in [0.5, 0.6) is 0 Å². The van der Waals surface area contributed by atoms with Gasteiger partial charge in [-0.05, 0) is 37.8 Å². The van der Waals surface area contributed by atoms with Gasteiger partial charge in [0.15, 0.2) is 0 Å². The van der Waals surface area contributed by atoms with Gasteiger partial charge in [0.05, 0.1) is 12.1 Å². The third kappa shape index (κ3) is 3.47. The number of amides is 2. The first-order chi connectivity index (χ1) is 9.08. The van der Waals surface area contributed by atoms with Gasteiger partial charge in [-0.1, -0.05) is 31.0 Å². The fourth-order valence-electron chi connectivity index (χ4n) is 2.61. The van der Waals surface area contributed by atoms with Crippen LogP contribution < -0.4 is 10.6 Å². The second kappa shape index (κ2) is 6.06. The molecule has 4 nitrogen and oxygen atoms in total. The summed E-state index contributed by atoms with van der Waals surface area (Å²) in [5, 5.41) is 15.6. The van der Waals surface area contributed by atoms with E-state index in [4.69, 9.17) is 0 Å². The number of aliphatic hydroxyl groups is 1. The fourth-order valence-corrected chi connectivity index (χ4v) is 2.61. The lowest BCUT2D eigenvalue weighted by atomic mass is 9.93. The second-order valence-corrected chi connectivity index (χ2v) is 5.32. The van der Waals surface area contributed by atoms with Crippen molar-refractivity contribution < 1.29 is 9.90 Å². The average molecular weight is 262 g/mol. The number of urea groups is 1. The van der Waals surface area contributed by atoms with Crippen molar-refractivity contribution in [2.75, 3.05) is 5.32 Å². The van der Waals surface area contributed by atoms with Crippen LogP contribution in [0.2, 0.25) is 0 Å². The topological polar surface area (TPSA) is 61.4 Å². The van der Waals surface area contributed by atoms with Gasteiger partial charge in [0.25, 0.3) is 0 Å². The molecule has 1 aromatic rings. The Kier molecular flexibility index (Phi) is 4.43. The summed E-state index contributed by atoms with van der Waals surface area (Å²) in [7, 11) is 0. The van der Waals surface area contributed by atoms with Gasteiger partial charge >= 0.3 is 6.03 Å². The summed E-state index contributed by atoms with van der Waals surface area (Å²) in [4.78, 5) is 12.0. The largest absolute Gasteiger partial charge is 0.391 e. The molecule has 104 valence electrons. The first-order valence-electron chi connectivity index (χ1n) is 6.89. The SMILES string of the molecule is Cc1cccc(C)c1NC(=O)NC1CCCCC1O. The molecule has 0 radical (unpaired) electrons. The van der Waals surface area contributed by atoms with Crippen molar-refractivity contribution in [1.29, 1.82) is 0 Å². The number of anilines is 1. The maximum atomic E-state index is 12.0. The van der Waals surface area contributed by atoms with Gasteiger partial charge in [0.1, 0.15) is 0 Å². The van der Waals surface area contributed by atoms with E-state index in [1.165, 1.54) is 0 Å². The number of aliphatic hydroxyl groups excluding tert-OH is 1. The van der Waals surface area contributed by atoms with Crippen LogP contribution in [0, 0.1) is 13.8 Å². The van der Waals surface area contributed by atoms with Crippen molar-refractivity contribution in [3.63, 3.8) is 0 Å². The third-order valence-corrected chi connectivity index (χ3v) is 3.77. The first-order valence-corrected chi connectivity index (χ1v) is 6.89. The van der Waals surface area contributed by atoms with Gasteiger partial charge in [-0.3, -0.25) is 0 Å². The number of aryl methyl sites for hydroxylation is 2. The van der Waals surface area contributed by atoms with Gasteiger partial charge in [-0.2, -0.15) is 0 Å². The third-order valence-electron chi connectivity index (χ3n) is 3.77. The molecule has 0 heterocycles. The van der Waals surface area contributed by atoms with Crippen molar-refractivity contribution in [3.8, 4) is 0 Å². The maximum Gasteiger partial charge on any atom is 0.319 e. The number of carbonyl (C=O) groups excluding carboxylic acids is 1. The molecule has 1 fully saturated rings. The van der Waals surface area contributed by atoms with E-state index < -0.39 is 6.10 Å². The van der Waals surface area contributed by atoms with Crippen molar-refractivity contribution in [2.24, 2.45) is 0 Å². The predicted octanol–water partition coefficient (Wildman–Crippen LogP) is 2.73. The minimum Gasteiger partial charge on any atom is -0.391 e. The van der Waals surface area contributed by atoms with Crippen molar-refractivity contribution in [1.82, 2.24) is 5.32 Å². The Labute approximate surface area is 114 Å². The number of hydrogen-bond acceptors (Lipinski definition) is 2. The minimum atomic E-state index is -0.419. The van der Waals surface area contributed by atoms with Crippen molar-refractivity contribution >= 4 is 11.7 Å².